The molecule has 41 heavy (non-hydrogen) atoms. The fourth-order valence-corrected chi connectivity index (χ4v) is 6.06. The van der Waals surface area contributed by atoms with E-state index in [1.54, 1.807) is 17.3 Å². The van der Waals surface area contributed by atoms with E-state index in [0.29, 0.717) is 18.9 Å². The third-order valence-corrected chi connectivity index (χ3v) is 8.45. The van der Waals surface area contributed by atoms with Crippen molar-refractivity contribution in [3.63, 3.8) is 0 Å². The van der Waals surface area contributed by atoms with E-state index in [2.05, 4.69) is 27.0 Å². The molecule has 16 heteroatoms. The van der Waals surface area contributed by atoms with Gasteiger partial charge < -0.3 is 10.0 Å². The maximum absolute atomic E-state index is 14.0. The predicted molar refractivity (Wildman–Crippen MR) is 139 cm³/mol. The van der Waals surface area contributed by atoms with Gasteiger partial charge >= 0.3 is 18.3 Å². The molecule has 1 aliphatic heterocycles. The topological polar surface area (TPSA) is 104 Å². The molecule has 3 aromatic rings. The summed E-state index contributed by atoms with van der Waals surface area (Å²) in [6, 6.07) is 10.6. The summed E-state index contributed by atoms with van der Waals surface area (Å²) in [5.41, 5.74) is 1.86. The van der Waals surface area contributed by atoms with Gasteiger partial charge in [-0.3, -0.25) is 4.90 Å². The Kier molecular flexibility index (Phi) is 10.4. The highest BCUT2D eigenvalue weighted by atomic mass is 32.2. The molecule has 0 amide bonds. The minimum absolute atomic E-state index is 0.104. The summed E-state index contributed by atoms with van der Waals surface area (Å²) >= 11 is 1.22. The molecule has 0 spiro atoms. The lowest BCUT2D eigenvalue weighted by Gasteiger charge is -2.38. The van der Waals surface area contributed by atoms with Crippen LogP contribution in [0.15, 0.2) is 58.5 Å². The van der Waals surface area contributed by atoms with E-state index in [1.807, 2.05) is 18.2 Å². The maximum Gasteiger partial charge on any atom is 0.490 e. The summed E-state index contributed by atoms with van der Waals surface area (Å²) in [7, 11) is -2.44. The number of hydrogen-bond donors (Lipinski definition) is 1. The zero-order valence-corrected chi connectivity index (χ0v) is 23.2. The number of pyridine rings is 1. The molecule has 1 N–H and O–H groups in total. The lowest BCUT2D eigenvalue weighted by molar-refractivity contribution is -0.192. The quantitative estimate of drug-likeness (QED) is 0.355. The molecule has 0 saturated carbocycles. The van der Waals surface area contributed by atoms with Crippen molar-refractivity contribution in [1.82, 2.24) is 14.9 Å². The maximum atomic E-state index is 14.0. The van der Waals surface area contributed by atoms with Gasteiger partial charge in [-0.25, -0.2) is 23.2 Å². The van der Waals surface area contributed by atoms with Crippen molar-refractivity contribution < 1.29 is 44.7 Å². The van der Waals surface area contributed by atoms with Crippen molar-refractivity contribution in [2.75, 3.05) is 25.0 Å². The molecular weight excluding hydrogens is 598 g/mol. The Morgan fingerprint density at radius 1 is 1.10 bits per heavy atom. The van der Waals surface area contributed by atoms with Crippen molar-refractivity contribution in [3.8, 4) is 0 Å². The van der Waals surface area contributed by atoms with E-state index in [0.717, 1.165) is 25.8 Å². The number of aliphatic carboxylic acids is 1. The van der Waals surface area contributed by atoms with Gasteiger partial charge in [0.25, 0.3) is 0 Å². The Bertz CT molecular complexity index is 1390. The number of anilines is 1. The van der Waals surface area contributed by atoms with E-state index in [4.69, 9.17) is 9.90 Å². The van der Waals surface area contributed by atoms with E-state index in [1.165, 1.54) is 22.4 Å². The standard InChI is InChI=1S/C23H25F3N4O2S2.C2HF3O2/c1-29(19-7-9-30(10-8-19)13-17-5-3-2-4-6-17)21-12-27-22(11-20(21)23(24,25)26)34(31,32)15-18-14-33-16-28-18;3-2(4,5)1(6)7/h2-6,11-12,14,16,19H,7-10,13,15H2,1H3;(H,6,7). The van der Waals surface area contributed by atoms with E-state index < -0.39 is 44.5 Å². The monoisotopic (exact) mass is 624 g/mol. The fourth-order valence-electron chi connectivity index (χ4n) is 4.19. The highest BCUT2D eigenvalue weighted by Crippen LogP contribution is 2.38. The van der Waals surface area contributed by atoms with Crippen LogP contribution in [0.1, 0.15) is 29.7 Å². The first-order chi connectivity index (χ1) is 19.1. The molecular formula is C25H26F6N4O4S2. The van der Waals surface area contributed by atoms with Crippen molar-refractivity contribution in [1.29, 1.82) is 0 Å². The molecule has 0 bridgehead atoms. The number of nitrogens with zero attached hydrogens (tertiary/aromatic N) is 4. The van der Waals surface area contributed by atoms with E-state index in [-0.39, 0.29) is 17.4 Å². The molecule has 2 aromatic heterocycles. The zero-order chi connectivity index (χ0) is 30.4. The molecule has 8 nitrogen and oxygen atoms in total. The molecule has 0 radical (unpaired) electrons. The molecule has 4 rings (SSSR count). The number of sulfone groups is 1. The largest absolute Gasteiger partial charge is 0.490 e. The Hall–Kier alpha value is -3.24. The predicted octanol–water partition coefficient (Wildman–Crippen LogP) is 5.26. The first-order valence-corrected chi connectivity index (χ1v) is 14.6. The number of benzene rings is 1. The van der Waals surface area contributed by atoms with Crippen LogP contribution in [0.2, 0.25) is 0 Å². The van der Waals surface area contributed by atoms with Crippen molar-refractivity contribution in [2.45, 2.75) is 48.6 Å². The molecule has 0 atom stereocenters. The Morgan fingerprint density at radius 2 is 1.71 bits per heavy atom. The number of halogens is 6. The minimum Gasteiger partial charge on any atom is -0.475 e. The number of hydrogen-bond acceptors (Lipinski definition) is 8. The molecule has 1 saturated heterocycles. The highest BCUT2D eigenvalue weighted by molar-refractivity contribution is 7.90. The summed E-state index contributed by atoms with van der Waals surface area (Å²) < 4.78 is 98.9. The van der Waals surface area contributed by atoms with Crippen LogP contribution in [0.4, 0.5) is 32.0 Å². The van der Waals surface area contributed by atoms with Gasteiger partial charge in [-0.05, 0) is 24.5 Å². The van der Waals surface area contributed by atoms with Gasteiger partial charge in [-0.2, -0.15) is 26.3 Å². The lowest BCUT2D eigenvalue weighted by atomic mass is 10.0. The van der Waals surface area contributed by atoms with Gasteiger partial charge in [0.05, 0.1) is 34.4 Å². The number of carboxylic acid groups (broad SMARTS) is 1. The van der Waals surface area contributed by atoms with Gasteiger partial charge in [-0.1, -0.05) is 30.3 Å². The van der Waals surface area contributed by atoms with Crippen LogP contribution < -0.4 is 4.90 Å². The van der Waals surface area contributed by atoms with E-state index in [9.17, 15) is 34.8 Å². The first kappa shape index (κ1) is 32.3. The summed E-state index contributed by atoms with van der Waals surface area (Å²) in [6.07, 6.45) is -7.37. The minimum atomic E-state index is -5.08. The van der Waals surface area contributed by atoms with Crippen LogP contribution in [0.3, 0.4) is 0 Å². The van der Waals surface area contributed by atoms with Crippen molar-refractivity contribution >= 4 is 32.8 Å². The molecule has 0 unspecified atom stereocenters. The zero-order valence-electron chi connectivity index (χ0n) is 21.6. The number of carboxylic acids is 1. The van der Waals surface area contributed by atoms with E-state index >= 15 is 0 Å². The second-order valence-corrected chi connectivity index (χ2v) is 11.8. The molecule has 1 fully saturated rings. The first-order valence-electron chi connectivity index (χ1n) is 12.0. The summed E-state index contributed by atoms with van der Waals surface area (Å²) in [4.78, 5) is 20.6. The number of aromatic nitrogens is 2. The summed E-state index contributed by atoms with van der Waals surface area (Å²) in [5.74, 6) is -3.25. The average Bonchev–Trinajstić information content (AvgIpc) is 3.41. The Labute approximate surface area is 236 Å². The second kappa shape index (κ2) is 13.2. The van der Waals surface area contributed by atoms with Gasteiger partial charge in [0.2, 0.25) is 9.84 Å². The number of rotatable bonds is 7. The van der Waals surface area contributed by atoms with Gasteiger partial charge in [0, 0.05) is 38.1 Å². The van der Waals surface area contributed by atoms with Crippen LogP contribution in [0, 0.1) is 0 Å². The van der Waals surface area contributed by atoms with Crippen molar-refractivity contribution in [3.05, 3.63) is 70.3 Å². The Balaban J connectivity index is 0.000000587. The van der Waals surface area contributed by atoms with Crippen LogP contribution in [-0.4, -0.2) is 66.7 Å². The third-order valence-electron chi connectivity index (χ3n) is 6.28. The number of alkyl halides is 6. The fraction of sp³-hybridized carbons (Fsp3) is 0.400. The SMILES string of the molecule is CN(c1cnc(S(=O)(=O)Cc2cscn2)cc1C(F)(F)F)C1CCN(Cc2ccccc2)CC1.O=C(O)C(F)(F)F. The average molecular weight is 625 g/mol. The smallest absolute Gasteiger partial charge is 0.475 e. The van der Waals surface area contributed by atoms with Crippen LogP contribution in [-0.2, 0) is 33.1 Å². The van der Waals surface area contributed by atoms with Gasteiger partial charge in [0.1, 0.15) is 0 Å². The normalized spacial score (nSPS) is 15.2. The summed E-state index contributed by atoms with van der Waals surface area (Å²) in [5, 5.41) is 8.08. The number of thiazole rings is 1. The molecule has 3 heterocycles. The molecule has 1 aromatic carbocycles. The van der Waals surface area contributed by atoms with Crippen LogP contribution >= 0.6 is 11.3 Å². The highest BCUT2D eigenvalue weighted by Gasteiger charge is 2.39. The van der Waals surface area contributed by atoms with Crippen LogP contribution in [0.5, 0.6) is 0 Å². The number of carbonyl (C=O) groups is 1. The van der Waals surface area contributed by atoms with Crippen LogP contribution in [0.25, 0.3) is 0 Å². The van der Waals surface area contributed by atoms with Gasteiger partial charge in [-0.15, -0.1) is 11.3 Å². The summed E-state index contributed by atoms with van der Waals surface area (Å²) in [6.45, 7) is 2.33. The second-order valence-electron chi connectivity index (χ2n) is 9.18. The number of piperidine rings is 1. The third kappa shape index (κ3) is 9.13. The molecule has 1 aliphatic rings. The molecule has 224 valence electrons. The number of likely N-dealkylation sites (tertiary alicyclic amines) is 1. The Morgan fingerprint density at radius 3 is 2.22 bits per heavy atom. The van der Waals surface area contributed by atoms with Crippen molar-refractivity contribution in [2.24, 2.45) is 0 Å². The lowest BCUT2D eigenvalue weighted by Crippen LogP contribution is -2.43. The molecule has 0 aliphatic carbocycles. The van der Waals surface area contributed by atoms with Gasteiger partial charge in [0.15, 0.2) is 5.03 Å².